The Morgan fingerprint density at radius 2 is 1.93 bits per heavy atom. The van der Waals surface area contributed by atoms with Crippen molar-refractivity contribution < 1.29 is 9.47 Å². The lowest BCUT2D eigenvalue weighted by Gasteiger charge is -2.17. The van der Waals surface area contributed by atoms with E-state index in [0.717, 1.165) is 22.0 Å². The molecule has 0 saturated carbocycles. The van der Waals surface area contributed by atoms with Crippen LogP contribution in [0.25, 0.3) is 0 Å². The van der Waals surface area contributed by atoms with E-state index >= 15 is 0 Å². The first-order valence-corrected chi connectivity index (χ1v) is 5.92. The first-order chi connectivity index (χ1) is 7.15. The van der Waals surface area contributed by atoms with Gasteiger partial charge in [-0.3, -0.25) is 0 Å². The van der Waals surface area contributed by atoms with Crippen LogP contribution in [0.2, 0.25) is 0 Å². The molecule has 1 unspecified atom stereocenters. The molecule has 2 N–H and O–H groups in total. The fraction of sp³-hybridized carbons (Fsp3) is 0.455. The number of hydrogen-bond acceptors (Lipinski definition) is 4. The molecule has 0 spiro atoms. The fourth-order valence-electron chi connectivity index (χ4n) is 1.48. The average Bonchev–Trinajstić information content (AvgIpc) is 2.26. The van der Waals surface area contributed by atoms with Gasteiger partial charge in [0.2, 0.25) is 0 Å². The molecule has 0 aliphatic rings. The molecule has 1 atom stereocenters. The van der Waals surface area contributed by atoms with E-state index in [1.165, 1.54) is 0 Å². The van der Waals surface area contributed by atoms with Crippen molar-refractivity contribution in [3.8, 4) is 11.5 Å². The van der Waals surface area contributed by atoms with Crippen molar-refractivity contribution in [2.24, 2.45) is 5.73 Å². The van der Waals surface area contributed by atoms with E-state index in [9.17, 15) is 0 Å². The van der Waals surface area contributed by atoms with Crippen LogP contribution in [0.15, 0.2) is 17.0 Å². The number of hydrogen-bond donors (Lipinski definition) is 1. The summed E-state index contributed by atoms with van der Waals surface area (Å²) in [5.41, 5.74) is 6.88. The molecule has 0 heterocycles. The first-order valence-electron chi connectivity index (χ1n) is 4.70. The number of benzene rings is 1. The number of methoxy groups -OCH3 is 2. The van der Waals surface area contributed by atoms with Crippen LogP contribution in [0, 0.1) is 0 Å². The number of nitrogens with two attached hydrogens (primary N) is 1. The Morgan fingerprint density at radius 1 is 1.27 bits per heavy atom. The van der Waals surface area contributed by atoms with E-state index in [4.69, 9.17) is 15.2 Å². The van der Waals surface area contributed by atoms with Crippen LogP contribution in [0.3, 0.4) is 0 Å². The Balaban J connectivity index is 3.34. The molecule has 1 aromatic carbocycles. The Hall–Kier alpha value is -0.870. The normalized spacial score (nSPS) is 12.3. The van der Waals surface area contributed by atoms with E-state index in [1.807, 2.05) is 25.3 Å². The summed E-state index contributed by atoms with van der Waals surface area (Å²) in [5, 5.41) is 0. The second kappa shape index (κ2) is 5.28. The van der Waals surface area contributed by atoms with E-state index in [0.29, 0.717) is 0 Å². The molecule has 1 aromatic rings. The van der Waals surface area contributed by atoms with Gasteiger partial charge < -0.3 is 15.2 Å². The summed E-state index contributed by atoms with van der Waals surface area (Å²) in [6, 6.07) is 3.83. The lowest BCUT2D eigenvalue weighted by Crippen LogP contribution is -2.08. The Labute approximate surface area is 94.9 Å². The van der Waals surface area contributed by atoms with Crippen LogP contribution in [0.4, 0.5) is 0 Å². The highest BCUT2D eigenvalue weighted by Gasteiger charge is 2.16. The average molecular weight is 227 g/mol. The van der Waals surface area contributed by atoms with Crippen molar-refractivity contribution in [3.05, 3.63) is 17.7 Å². The molecular weight excluding hydrogens is 210 g/mol. The molecule has 0 aromatic heterocycles. The highest BCUT2D eigenvalue weighted by atomic mass is 32.2. The number of ether oxygens (including phenoxy) is 2. The van der Waals surface area contributed by atoms with E-state index in [2.05, 4.69) is 0 Å². The monoisotopic (exact) mass is 227 g/mol. The summed E-state index contributed by atoms with van der Waals surface area (Å²) in [5.74, 6) is 1.64. The van der Waals surface area contributed by atoms with E-state index < -0.39 is 0 Å². The van der Waals surface area contributed by atoms with Crippen LogP contribution in [0.1, 0.15) is 18.5 Å². The number of thioether (sulfide) groups is 1. The lowest BCUT2D eigenvalue weighted by molar-refractivity contribution is 0.371. The highest BCUT2D eigenvalue weighted by molar-refractivity contribution is 7.98. The summed E-state index contributed by atoms with van der Waals surface area (Å²) in [7, 11) is 3.31. The molecule has 1 rings (SSSR count). The molecule has 0 bridgehead atoms. The summed E-state index contributed by atoms with van der Waals surface area (Å²) in [6.07, 6.45) is 1.99. The molecule has 0 amide bonds. The molecule has 0 saturated heterocycles. The Morgan fingerprint density at radius 3 is 2.33 bits per heavy atom. The molecule has 0 radical (unpaired) electrons. The first kappa shape index (κ1) is 12.2. The van der Waals surface area contributed by atoms with E-state index in [-0.39, 0.29) is 6.04 Å². The smallest absolute Gasteiger partial charge is 0.140 e. The van der Waals surface area contributed by atoms with Gasteiger partial charge in [0.15, 0.2) is 0 Å². The molecular formula is C11H17NO2S. The van der Waals surface area contributed by atoms with Crippen molar-refractivity contribution in [1.29, 1.82) is 0 Å². The summed E-state index contributed by atoms with van der Waals surface area (Å²) < 4.78 is 10.7. The van der Waals surface area contributed by atoms with Gasteiger partial charge in [0, 0.05) is 11.6 Å². The third kappa shape index (κ3) is 2.38. The van der Waals surface area contributed by atoms with Gasteiger partial charge in [-0.15, -0.1) is 11.8 Å². The lowest BCUT2D eigenvalue weighted by atomic mass is 10.1. The van der Waals surface area contributed by atoms with Gasteiger partial charge in [-0.05, 0) is 19.2 Å². The summed E-state index contributed by atoms with van der Waals surface area (Å²) >= 11 is 1.60. The molecule has 15 heavy (non-hydrogen) atoms. The van der Waals surface area contributed by atoms with Crippen LogP contribution >= 0.6 is 11.8 Å². The summed E-state index contributed by atoms with van der Waals surface area (Å²) in [6.45, 7) is 1.94. The van der Waals surface area contributed by atoms with Crippen LogP contribution in [0.5, 0.6) is 11.5 Å². The van der Waals surface area contributed by atoms with Gasteiger partial charge in [-0.25, -0.2) is 0 Å². The molecule has 0 aliphatic carbocycles. The Kier molecular flexibility index (Phi) is 4.29. The minimum atomic E-state index is -0.0447. The van der Waals surface area contributed by atoms with Gasteiger partial charge in [0.1, 0.15) is 11.5 Å². The highest BCUT2D eigenvalue weighted by Crippen LogP contribution is 2.40. The zero-order chi connectivity index (χ0) is 11.4. The zero-order valence-corrected chi connectivity index (χ0v) is 10.4. The maximum absolute atomic E-state index is 5.88. The third-order valence-electron chi connectivity index (χ3n) is 2.23. The third-order valence-corrected chi connectivity index (χ3v) is 3.02. The van der Waals surface area contributed by atoms with Gasteiger partial charge >= 0.3 is 0 Å². The molecule has 0 fully saturated rings. The largest absolute Gasteiger partial charge is 0.495 e. The second-order valence-corrected chi connectivity index (χ2v) is 4.03. The number of rotatable bonds is 4. The van der Waals surface area contributed by atoms with Crippen molar-refractivity contribution >= 4 is 11.8 Å². The predicted molar refractivity (Wildman–Crippen MR) is 63.9 cm³/mol. The SMILES string of the molecule is COc1ccc(C(C)N)c(OC)c1SC. The van der Waals surface area contributed by atoms with Crippen LogP contribution in [-0.4, -0.2) is 20.5 Å². The quantitative estimate of drug-likeness (QED) is 0.802. The topological polar surface area (TPSA) is 44.5 Å². The van der Waals surface area contributed by atoms with Crippen molar-refractivity contribution in [2.75, 3.05) is 20.5 Å². The molecule has 3 nitrogen and oxygen atoms in total. The minimum absolute atomic E-state index is 0.0447. The maximum atomic E-state index is 5.88. The maximum Gasteiger partial charge on any atom is 0.140 e. The van der Waals surface area contributed by atoms with E-state index in [1.54, 1.807) is 26.0 Å². The van der Waals surface area contributed by atoms with Crippen LogP contribution < -0.4 is 15.2 Å². The van der Waals surface area contributed by atoms with Crippen molar-refractivity contribution in [3.63, 3.8) is 0 Å². The minimum Gasteiger partial charge on any atom is -0.495 e. The van der Waals surface area contributed by atoms with Gasteiger partial charge in [-0.2, -0.15) is 0 Å². The fourth-order valence-corrected chi connectivity index (χ4v) is 2.22. The van der Waals surface area contributed by atoms with Crippen molar-refractivity contribution in [2.45, 2.75) is 17.9 Å². The van der Waals surface area contributed by atoms with Crippen LogP contribution in [-0.2, 0) is 0 Å². The zero-order valence-electron chi connectivity index (χ0n) is 9.53. The molecule has 0 aliphatic heterocycles. The predicted octanol–water partition coefficient (Wildman–Crippen LogP) is 2.45. The summed E-state index contributed by atoms with van der Waals surface area (Å²) in [4.78, 5) is 0.995. The van der Waals surface area contributed by atoms with Gasteiger partial charge in [0.25, 0.3) is 0 Å². The standard InChI is InChI=1S/C11H17NO2S/c1-7(12)8-5-6-9(13-2)11(15-4)10(8)14-3/h5-7H,12H2,1-4H3. The second-order valence-electron chi connectivity index (χ2n) is 3.21. The Bertz CT molecular complexity index is 340. The van der Waals surface area contributed by atoms with Gasteiger partial charge in [0.05, 0.1) is 19.1 Å². The molecule has 84 valence electrons. The molecule has 4 heteroatoms. The van der Waals surface area contributed by atoms with Crippen molar-refractivity contribution in [1.82, 2.24) is 0 Å². The van der Waals surface area contributed by atoms with Gasteiger partial charge in [-0.1, -0.05) is 6.07 Å².